The van der Waals surface area contributed by atoms with Gasteiger partial charge in [0.2, 0.25) is 0 Å². The van der Waals surface area contributed by atoms with E-state index < -0.39 is 17.6 Å². The number of benzene rings is 2. The van der Waals surface area contributed by atoms with E-state index in [1.165, 1.54) is 12.1 Å². The van der Waals surface area contributed by atoms with Crippen LogP contribution in [0.3, 0.4) is 0 Å². The minimum atomic E-state index is -0.786. The summed E-state index contributed by atoms with van der Waals surface area (Å²) in [6.45, 7) is 1.77. The highest BCUT2D eigenvalue weighted by molar-refractivity contribution is 5.90. The Kier molecular flexibility index (Phi) is 6.13. The Balaban J connectivity index is 1.65. The standard InChI is InChI=1S/C20H21F2N3O2/c21-16-5-6-18(19(22)8-16)17-4-2-1-3-14(17)12-25-24-10-13-7-15(20(26)27)11-23-9-13/h1-6,8,12-13,15,23-24H,7,9-11H2,(H,26,27)/b25-12+/t13-,15+/m0/s1. The fourth-order valence-corrected chi connectivity index (χ4v) is 3.23. The predicted molar refractivity (Wildman–Crippen MR) is 99.5 cm³/mol. The number of aliphatic carboxylic acids is 1. The zero-order chi connectivity index (χ0) is 19.2. The van der Waals surface area contributed by atoms with E-state index in [0.717, 1.165) is 12.6 Å². The fraction of sp³-hybridized carbons (Fsp3) is 0.300. The molecule has 0 radical (unpaired) electrons. The second kappa shape index (κ2) is 8.73. The number of carbonyl (C=O) groups is 1. The minimum absolute atomic E-state index is 0.168. The highest BCUT2D eigenvalue weighted by Crippen LogP contribution is 2.26. The Bertz CT molecular complexity index is 842. The van der Waals surface area contributed by atoms with Crippen LogP contribution in [0, 0.1) is 23.5 Å². The Morgan fingerprint density at radius 2 is 2.04 bits per heavy atom. The quantitative estimate of drug-likeness (QED) is 0.538. The van der Waals surface area contributed by atoms with E-state index in [9.17, 15) is 13.6 Å². The Hall–Kier alpha value is -2.80. The second-order valence-electron chi connectivity index (χ2n) is 6.63. The lowest BCUT2D eigenvalue weighted by atomic mass is 9.91. The maximum atomic E-state index is 14.1. The van der Waals surface area contributed by atoms with Crippen molar-refractivity contribution < 1.29 is 18.7 Å². The second-order valence-corrected chi connectivity index (χ2v) is 6.63. The van der Waals surface area contributed by atoms with Gasteiger partial charge in [0.1, 0.15) is 11.6 Å². The molecule has 7 heteroatoms. The van der Waals surface area contributed by atoms with Gasteiger partial charge in [0, 0.05) is 30.3 Å². The summed E-state index contributed by atoms with van der Waals surface area (Å²) in [6.07, 6.45) is 2.19. The van der Waals surface area contributed by atoms with Crippen LogP contribution in [0.5, 0.6) is 0 Å². The number of nitrogens with one attached hydrogen (secondary N) is 2. The third-order valence-electron chi connectivity index (χ3n) is 4.65. The first kappa shape index (κ1) is 19.0. The van der Waals surface area contributed by atoms with E-state index in [0.29, 0.717) is 36.2 Å². The first-order chi connectivity index (χ1) is 13.0. The number of carboxylic acid groups (broad SMARTS) is 1. The van der Waals surface area contributed by atoms with Crippen LogP contribution in [0.1, 0.15) is 12.0 Å². The van der Waals surface area contributed by atoms with Gasteiger partial charge >= 0.3 is 5.97 Å². The van der Waals surface area contributed by atoms with Crippen molar-refractivity contribution in [2.75, 3.05) is 19.6 Å². The molecule has 0 unspecified atom stereocenters. The predicted octanol–water partition coefficient (Wildman–Crippen LogP) is 2.87. The van der Waals surface area contributed by atoms with Crippen LogP contribution in [0.2, 0.25) is 0 Å². The molecule has 0 amide bonds. The molecule has 0 saturated carbocycles. The molecule has 3 rings (SSSR count). The molecule has 2 aromatic rings. The van der Waals surface area contributed by atoms with Gasteiger partial charge in [-0.1, -0.05) is 24.3 Å². The molecule has 3 N–H and O–H groups in total. The summed E-state index contributed by atoms with van der Waals surface area (Å²) < 4.78 is 27.2. The molecule has 0 bridgehead atoms. The molecule has 2 aromatic carbocycles. The maximum absolute atomic E-state index is 14.1. The number of carboxylic acids is 1. The highest BCUT2D eigenvalue weighted by Gasteiger charge is 2.26. The molecular formula is C20H21F2N3O2. The van der Waals surface area contributed by atoms with Crippen LogP contribution in [-0.4, -0.2) is 36.9 Å². The third kappa shape index (κ3) is 4.89. The van der Waals surface area contributed by atoms with Gasteiger partial charge in [-0.15, -0.1) is 0 Å². The lowest BCUT2D eigenvalue weighted by Gasteiger charge is -2.27. The van der Waals surface area contributed by atoms with Crippen molar-refractivity contribution >= 4 is 12.2 Å². The van der Waals surface area contributed by atoms with E-state index in [4.69, 9.17) is 5.11 Å². The molecule has 5 nitrogen and oxygen atoms in total. The summed E-state index contributed by atoms with van der Waals surface area (Å²) in [5.74, 6) is -2.24. The molecule has 1 heterocycles. The van der Waals surface area contributed by atoms with Gasteiger partial charge in [-0.25, -0.2) is 8.78 Å². The van der Waals surface area contributed by atoms with Crippen molar-refractivity contribution in [1.82, 2.24) is 10.7 Å². The summed E-state index contributed by atoms with van der Waals surface area (Å²) >= 11 is 0. The smallest absolute Gasteiger partial charge is 0.307 e. The molecule has 1 aliphatic rings. The van der Waals surface area contributed by atoms with Crippen molar-refractivity contribution in [3.63, 3.8) is 0 Å². The lowest BCUT2D eigenvalue weighted by Crippen LogP contribution is -2.42. The lowest BCUT2D eigenvalue weighted by molar-refractivity contribution is -0.142. The Morgan fingerprint density at radius 3 is 2.81 bits per heavy atom. The molecule has 27 heavy (non-hydrogen) atoms. The summed E-state index contributed by atoms with van der Waals surface area (Å²) in [7, 11) is 0. The SMILES string of the molecule is O=C(O)[C@H]1CNC[C@@H](CN/N=C/c2ccccc2-c2ccc(F)cc2F)C1. The monoisotopic (exact) mass is 373 g/mol. The van der Waals surface area contributed by atoms with Gasteiger partial charge in [0.25, 0.3) is 0 Å². The minimum Gasteiger partial charge on any atom is -0.481 e. The molecule has 1 fully saturated rings. The number of hydrazone groups is 1. The number of nitrogens with zero attached hydrogens (tertiary/aromatic N) is 1. The molecule has 2 atom stereocenters. The van der Waals surface area contributed by atoms with Gasteiger partial charge in [-0.05, 0) is 36.6 Å². The molecule has 0 aromatic heterocycles. The number of piperidine rings is 1. The number of rotatable bonds is 6. The van der Waals surface area contributed by atoms with E-state index in [2.05, 4.69) is 15.8 Å². The zero-order valence-electron chi connectivity index (χ0n) is 14.7. The molecule has 0 aliphatic carbocycles. The van der Waals surface area contributed by atoms with Gasteiger partial charge in [-0.3, -0.25) is 4.79 Å². The average molecular weight is 373 g/mol. The highest BCUT2D eigenvalue weighted by atomic mass is 19.1. The van der Waals surface area contributed by atoms with Crippen molar-refractivity contribution in [2.45, 2.75) is 6.42 Å². The van der Waals surface area contributed by atoms with Gasteiger partial charge in [0.05, 0.1) is 12.1 Å². The fourth-order valence-electron chi connectivity index (χ4n) is 3.23. The van der Waals surface area contributed by atoms with E-state index in [-0.39, 0.29) is 11.8 Å². The van der Waals surface area contributed by atoms with Gasteiger partial charge in [-0.2, -0.15) is 5.10 Å². The van der Waals surface area contributed by atoms with Crippen molar-refractivity contribution in [3.8, 4) is 11.1 Å². The van der Waals surface area contributed by atoms with E-state index in [1.807, 2.05) is 6.07 Å². The molecule has 1 saturated heterocycles. The molecule has 142 valence electrons. The van der Waals surface area contributed by atoms with Crippen LogP contribution >= 0.6 is 0 Å². The summed E-state index contributed by atoms with van der Waals surface area (Å²) in [5, 5.41) is 16.4. The van der Waals surface area contributed by atoms with Gasteiger partial charge < -0.3 is 15.8 Å². The number of hydrogen-bond donors (Lipinski definition) is 3. The number of halogens is 2. The van der Waals surface area contributed by atoms with Crippen molar-refractivity contribution in [2.24, 2.45) is 16.9 Å². The normalized spacial score (nSPS) is 19.9. The summed E-state index contributed by atoms with van der Waals surface area (Å²) in [4.78, 5) is 11.1. The van der Waals surface area contributed by atoms with E-state index >= 15 is 0 Å². The Morgan fingerprint density at radius 1 is 1.22 bits per heavy atom. The van der Waals surface area contributed by atoms with Crippen molar-refractivity contribution in [1.29, 1.82) is 0 Å². The Labute approximate surface area is 156 Å². The van der Waals surface area contributed by atoms with E-state index in [1.54, 1.807) is 24.4 Å². The summed E-state index contributed by atoms with van der Waals surface area (Å²) in [5.41, 5.74) is 4.56. The summed E-state index contributed by atoms with van der Waals surface area (Å²) in [6, 6.07) is 10.6. The van der Waals surface area contributed by atoms with Crippen LogP contribution in [0.15, 0.2) is 47.6 Å². The van der Waals surface area contributed by atoms with Crippen LogP contribution in [-0.2, 0) is 4.79 Å². The number of hydrogen-bond acceptors (Lipinski definition) is 4. The third-order valence-corrected chi connectivity index (χ3v) is 4.65. The molecule has 0 spiro atoms. The topological polar surface area (TPSA) is 73.7 Å². The average Bonchev–Trinajstić information content (AvgIpc) is 2.66. The largest absolute Gasteiger partial charge is 0.481 e. The van der Waals surface area contributed by atoms with Gasteiger partial charge in [0.15, 0.2) is 0 Å². The van der Waals surface area contributed by atoms with Crippen LogP contribution in [0.4, 0.5) is 8.78 Å². The molecular weight excluding hydrogens is 352 g/mol. The molecule has 1 aliphatic heterocycles. The zero-order valence-corrected chi connectivity index (χ0v) is 14.7. The van der Waals surface area contributed by atoms with Crippen LogP contribution in [0.25, 0.3) is 11.1 Å². The first-order valence-corrected chi connectivity index (χ1v) is 8.78. The van der Waals surface area contributed by atoms with Crippen LogP contribution < -0.4 is 10.7 Å². The first-order valence-electron chi connectivity index (χ1n) is 8.78. The van der Waals surface area contributed by atoms with Crippen molar-refractivity contribution in [3.05, 3.63) is 59.7 Å². The maximum Gasteiger partial charge on any atom is 0.307 e.